The molecule has 0 aromatic heterocycles. The van der Waals surface area contributed by atoms with E-state index in [0.29, 0.717) is 0 Å². The fourth-order valence-electron chi connectivity index (χ4n) is 1.38. The number of aliphatic hydroxyl groups is 4. The van der Waals surface area contributed by atoms with Gasteiger partial charge in [0.05, 0.1) is 6.61 Å². The van der Waals surface area contributed by atoms with Gasteiger partial charge in [-0.1, -0.05) is 0 Å². The minimum atomic E-state index is -2.47. The molecule has 0 amide bonds. The molecule has 1 unspecified atom stereocenters. The number of aliphatic carboxylic acids is 1. The highest BCUT2D eigenvalue weighted by Gasteiger charge is 2.58. The van der Waals surface area contributed by atoms with Gasteiger partial charge in [-0.15, -0.1) is 0 Å². The van der Waals surface area contributed by atoms with E-state index >= 15 is 0 Å². The molecule has 8 heteroatoms. The molecule has 0 bridgehead atoms. The normalized spacial score (nSPS) is 42.9. The van der Waals surface area contributed by atoms with Crippen LogP contribution >= 0.6 is 0 Å². The van der Waals surface area contributed by atoms with Crippen molar-refractivity contribution in [2.45, 2.75) is 30.1 Å². The van der Waals surface area contributed by atoms with Gasteiger partial charge < -0.3 is 30.3 Å². The lowest BCUT2D eigenvalue weighted by Gasteiger charge is -2.22. The number of carbonyl (C=O) groups is 1. The number of carboxylic acids is 1. The molecule has 1 fully saturated rings. The first-order valence-electron chi connectivity index (χ1n) is 4.19. The third-order valence-electron chi connectivity index (χ3n) is 2.33. The van der Waals surface area contributed by atoms with E-state index in [9.17, 15) is 15.0 Å². The van der Waals surface area contributed by atoms with Crippen molar-refractivity contribution in [2.75, 3.05) is 6.61 Å². The molecule has 0 saturated carbocycles. The van der Waals surface area contributed by atoms with Gasteiger partial charge in [-0.3, -0.25) is 5.73 Å². The molecule has 1 saturated heterocycles. The highest BCUT2D eigenvalue weighted by atomic mass is 16.6. The van der Waals surface area contributed by atoms with Crippen LogP contribution in [0.25, 0.3) is 0 Å². The van der Waals surface area contributed by atoms with Gasteiger partial charge in [0, 0.05) is 0 Å². The summed E-state index contributed by atoms with van der Waals surface area (Å²) in [5.41, 5.74) is 2.72. The van der Waals surface area contributed by atoms with E-state index in [0.717, 1.165) is 0 Å². The second kappa shape index (κ2) is 4.00. The Balaban J connectivity index is 2.89. The summed E-state index contributed by atoms with van der Waals surface area (Å²) in [6.45, 7) is -0.746. The van der Waals surface area contributed by atoms with Crippen molar-refractivity contribution in [3.05, 3.63) is 0 Å². The number of hydrogen-bond acceptors (Lipinski definition) is 7. The second-order valence-corrected chi connectivity index (χ2v) is 3.37. The predicted octanol–water partition coefficient (Wildman–Crippen LogP) is -3.80. The van der Waals surface area contributed by atoms with Gasteiger partial charge in [-0.2, -0.15) is 0 Å². The summed E-state index contributed by atoms with van der Waals surface area (Å²) in [5, 5.41) is 45.1. The Hall–Kier alpha value is -0.770. The number of ether oxygens (including phenoxy) is 1. The van der Waals surface area contributed by atoms with Crippen molar-refractivity contribution in [1.82, 2.24) is 0 Å². The van der Waals surface area contributed by atoms with Crippen LogP contribution in [0.5, 0.6) is 0 Å². The van der Waals surface area contributed by atoms with Gasteiger partial charge in [-0.05, 0) is 0 Å². The maximum Gasteiger partial charge on any atom is 0.354 e. The monoisotopic (exact) mass is 223 g/mol. The molecule has 0 aromatic carbocycles. The lowest BCUT2D eigenvalue weighted by molar-refractivity contribution is -0.177. The van der Waals surface area contributed by atoms with E-state index in [-0.39, 0.29) is 0 Å². The van der Waals surface area contributed by atoms with Crippen LogP contribution in [0, 0.1) is 0 Å². The molecule has 7 N–H and O–H groups in total. The van der Waals surface area contributed by atoms with Crippen LogP contribution < -0.4 is 5.73 Å². The maximum absolute atomic E-state index is 10.7. The highest BCUT2D eigenvalue weighted by Crippen LogP contribution is 2.29. The van der Waals surface area contributed by atoms with E-state index in [1.165, 1.54) is 0 Å². The predicted molar refractivity (Wildman–Crippen MR) is 44.5 cm³/mol. The third kappa shape index (κ3) is 1.83. The summed E-state index contributed by atoms with van der Waals surface area (Å²) in [6.07, 6.45) is -6.50. The molecule has 0 spiro atoms. The Bertz CT molecular complexity index is 260. The first kappa shape index (κ1) is 12.3. The lowest BCUT2D eigenvalue weighted by Crippen LogP contribution is -2.57. The number of hydrogen-bond donors (Lipinski definition) is 6. The van der Waals surface area contributed by atoms with Crippen molar-refractivity contribution in [3.63, 3.8) is 0 Å². The van der Waals surface area contributed by atoms with Gasteiger partial charge >= 0.3 is 5.97 Å². The van der Waals surface area contributed by atoms with Gasteiger partial charge in [0.1, 0.15) is 24.4 Å². The van der Waals surface area contributed by atoms with Crippen LogP contribution in [0.3, 0.4) is 0 Å². The molecular formula is C7H13NO7. The Labute approximate surface area is 84.5 Å². The fourth-order valence-corrected chi connectivity index (χ4v) is 1.38. The molecule has 1 aliphatic rings. The lowest BCUT2D eigenvalue weighted by atomic mass is 10.0. The molecule has 0 aromatic rings. The van der Waals surface area contributed by atoms with Gasteiger partial charge in [-0.25, -0.2) is 4.79 Å². The topological polar surface area (TPSA) is 153 Å². The Kier molecular flexibility index (Phi) is 3.28. The van der Waals surface area contributed by atoms with E-state index in [4.69, 9.17) is 21.1 Å². The fraction of sp³-hybridized carbons (Fsp3) is 0.857. The molecule has 15 heavy (non-hydrogen) atoms. The number of nitrogens with two attached hydrogens (primary N) is 1. The zero-order valence-electron chi connectivity index (χ0n) is 7.65. The summed E-state index contributed by atoms with van der Waals surface area (Å²) in [4.78, 5) is 10.7. The summed E-state index contributed by atoms with van der Waals surface area (Å²) in [6, 6.07) is 0. The van der Waals surface area contributed by atoms with Crippen LogP contribution in [0.1, 0.15) is 0 Å². The van der Waals surface area contributed by atoms with Gasteiger partial charge in [0.15, 0.2) is 0 Å². The molecule has 1 rings (SSSR count). The summed E-state index contributed by atoms with van der Waals surface area (Å²) >= 11 is 0. The molecule has 0 aliphatic carbocycles. The third-order valence-corrected chi connectivity index (χ3v) is 2.33. The van der Waals surface area contributed by atoms with Crippen LogP contribution in [0.2, 0.25) is 0 Å². The van der Waals surface area contributed by atoms with Gasteiger partial charge in [0.2, 0.25) is 5.72 Å². The average Bonchev–Trinajstić information content (AvgIpc) is 2.43. The second-order valence-electron chi connectivity index (χ2n) is 3.37. The van der Waals surface area contributed by atoms with Crippen molar-refractivity contribution in [2.24, 2.45) is 5.73 Å². The molecule has 1 aliphatic heterocycles. The molecular weight excluding hydrogens is 210 g/mol. The van der Waals surface area contributed by atoms with Gasteiger partial charge in [0.25, 0.3) is 0 Å². The van der Waals surface area contributed by atoms with Crippen molar-refractivity contribution < 1.29 is 35.1 Å². The number of aliphatic hydroxyl groups excluding tert-OH is 4. The molecule has 1 heterocycles. The molecule has 0 radical (unpaired) electrons. The number of carboxylic acid groups (broad SMARTS) is 1. The smallest absolute Gasteiger partial charge is 0.354 e. The standard InChI is InChI=1S/C7H13NO7/c8-7(6(13)14)5(12)3(11)4(15-7)2(10)1-9/h2-5,9-12H,1,8H2,(H,13,14)/t2?,3-,4+,5+,7+/m0/s1. The Morgan fingerprint density at radius 2 is 2.07 bits per heavy atom. The summed E-state index contributed by atoms with van der Waals surface area (Å²) < 4.78 is 4.66. The first-order chi connectivity index (χ1) is 6.84. The summed E-state index contributed by atoms with van der Waals surface area (Å²) in [7, 11) is 0. The zero-order chi connectivity index (χ0) is 11.8. The number of rotatable bonds is 3. The van der Waals surface area contributed by atoms with Crippen LogP contribution in [-0.2, 0) is 9.53 Å². The van der Waals surface area contributed by atoms with Crippen LogP contribution in [-0.4, -0.2) is 68.2 Å². The zero-order valence-corrected chi connectivity index (χ0v) is 7.65. The van der Waals surface area contributed by atoms with E-state index in [2.05, 4.69) is 4.74 Å². The van der Waals surface area contributed by atoms with E-state index in [1.807, 2.05) is 0 Å². The molecule has 5 atom stereocenters. The summed E-state index contributed by atoms with van der Waals surface area (Å²) in [5.74, 6) is -1.67. The molecule has 8 nitrogen and oxygen atoms in total. The largest absolute Gasteiger partial charge is 0.478 e. The van der Waals surface area contributed by atoms with Crippen LogP contribution in [0.15, 0.2) is 0 Å². The Morgan fingerprint density at radius 1 is 1.53 bits per heavy atom. The van der Waals surface area contributed by atoms with E-state index < -0.39 is 42.7 Å². The minimum Gasteiger partial charge on any atom is -0.478 e. The first-order valence-corrected chi connectivity index (χ1v) is 4.19. The highest BCUT2D eigenvalue weighted by molar-refractivity contribution is 5.78. The van der Waals surface area contributed by atoms with Crippen molar-refractivity contribution in [1.29, 1.82) is 0 Å². The quantitative estimate of drug-likeness (QED) is 0.285. The van der Waals surface area contributed by atoms with Crippen molar-refractivity contribution in [3.8, 4) is 0 Å². The van der Waals surface area contributed by atoms with Crippen LogP contribution in [0.4, 0.5) is 0 Å². The molecule has 88 valence electrons. The maximum atomic E-state index is 10.7. The van der Waals surface area contributed by atoms with E-state index in [1.54, 1.807) is 0 Å². The Morgan fingerprint density at radius 3 is 2.40 bits per heavy atom. The average molecular weight is 223 g/mol. The SMILES string of the molecule is N[C@@]1(C(=O)O)O[C@H](C(O)CO)[C@H](O)[C@H]1O. The minimum absolute atomic E-state index is 0.746. The van der Waals surface area contributed by atoms with Crippen molar-refractivity contribution >= 4 is 5.97 Å².